The fourth-order valence-corrected chi connectivity index (χ4v) is 1.90. The van der Waals surface area contributed by atoms with E-state index in [1.807, 2.05) is 19.9 Å². The topological polar surface area (TPSA) is 34.9 Å². The molecule has 78 valence electrons. The zero-order valence-corrected chi connectivity index (χ0v) is 9.32. The number of carbonyl (C=O) groups excluding carboxylic acids is 1. The van der Waals surface area contributed by atoms with Crippen LogP contribution in [0.15, 0.2) is 18.2 Å². The largest absolute Gasteiger partial charge is 0.298 e. The van der Waals surface area contributed by atoms with Crippen molar-refractivity contribution in [1.82, 2.24) is 9.78 Å². The minimum absolute atomic E-state index is 0.213. The summed E-state index contributed by atoms with van der Waals surface area (Å²) in [7, 11) is 0. The molecule has 2 rings (SSSR count). The Hall–Kier alpha value is -1.35. The van der Waals surface area contributed by atoms with Gasteiger partial charge in [0.1, 0.15) is 11.4 Å². The maximum absolute atomic E-state index is 10.6. The van der Waals surface area contributed by atoms with Gasteiger partial charge < -0.3 is 0 Å². The van der Waals surface area contributed by atoms with Crippen LogP contribution in [0.3, 0.4) is 0 Å². The monoisotopic (exact) mass is 222 g/mol. The van der Waals surface area contributed by atoms with Gasteiger partial charge >= 0.3 is 0 Å². The van der Waals surface area contributed by atoms with Crippen LogP contribution >= 0.6 is 11.6 Å². The number of benzene rings is 1. The van der Waals surface area contributed by atoms with Gasteiger partial charge in [-0.15, -0.1) is 0 Å². The maximum atomic E-state index is 10.6. The Morgan fingerprint density at radius 2 is 2.20 bits per heavy atom. The second-order valence-corrected chi connectivity index (χ2v) is 4.08. The normalized spacial score (nSPS) is 11.2. The minimum atomic E-state index is 0.213. The molecule has 0 aliphatic rings. The van der Waals surface area contributed by atoms with E-state index >= 15 is 0 Å². The van der Waals surface area contributed by atoms with E-state index in [0.29, 0.717) is 10.7 Å². The Morgan fingerprint density at radius 3 is 2.80 bits per heavy atom. The van der Waals surface area contributed by atoms with Crippen LogP contribution in [-0.2, 0) is 0 Å². The fourth-order valence-electron chi connectivity index (χ4n) is 1.50. The first-order valence-corrected chi connectivity index (χ1v) is 5.14. The lowest BCUT2D eigenvalue weighted by molar-refractivity contribution is 0.112. The van der Waals surface area contributed by atoms with Crippen molar-refractivity contribution in [3.8, 4) is 0 Å². The molecule has 0 saturated carbocycles. The molecule has 1 heterocycles. The summed E-state index contributed by atoms with van der Waals surface area (Å²) in [6.07, 6.45) is 0.807. The number of halogens is 1. The highest BCUT2D eigenvalue weighted by Crippen LogP contribution is 2.26. The van der Waals surface area contributed by atoms with Gasteiger partial charge in [-0.1, -0.05) is 17.7 Å². The molecule has 15 heavy (non-hydrogen) atoms. The summed E-state index contributed by atoms with van der Waals surface area (Å²) in [6.45, 7) is 4.02. The van der Waals surface area contributed by atoms with Crippen molar-refractivity contribution in [2.24, 2.45) is 0 Å². The molecule has 0 aliphatic heterocycles. The van der Waals surface area contributed by atoms with E-state index in [0.717, 1.165) is 17.2 Å². The van der Waals surface area contributed by atoms with Gasteiger partial charge in [0.2, 0.25) is 0 Å². The average molecular weight is 223 g/mol. The number of hydrogen-bond donors (Lipinski definition) is 0. The molecule has 0 spiro atoms. The van der Waals surface area contributed by atoms with Crippen molar-refractivity contribution in [1.29, 1.82) is 0 Å². The Labute approximate surface area is 92.6 Å². The number of rotatable bonds is 2. The van der Waals surface area contributed by atoms with E-state index in [9.17, 15) is 4.79 Å². The number of fused-ring (bicyclic) bond motifs is 1. The summed E-state index contributed by atoms with van der Waals surface area (Å²) in [6, 6.07) is 5.53. The summed E-state index contributed by atoms with van der Waals surface area (Å²) in [5.41, 5.74) is 1.38. The Morgan fingerprint density at radius 1 is 1.47 bits per heavy atom. The molecule has 0 saturated heterocycles. The third kappa shape index (κ3) is 1.63. The molecular formula is C11H11ClN2O. The molecule has 0 aliphatic carbocycles. The molecule has 4 heteroatoms. The molecule has 1 aromatic carbocycles. The SMILES string of the molecule is CC(C)n1nc2cc(C=O)ccc2c1Cl. The molecule has 2 aromatic rings. The standard InChI is InChI=1S/C11H11ClN2O/c1-7(2)14-11(12)9-4-3-8(6-15)5-10(9)13-14/h3-7H,1-2H3. The van der Waals surface area contributed by atoms with Crippen molar-refractivity contribution >= 4 is 28.8 Å². The van der Waals surface area contributed by atoms with E-state index < -0.39 is 0 Å². The summed E-state index contributed by atoms with van der Waals surface area (Å²) in [5, 5.41) is 5.85. The zero-order chi connectivity index (χ0) is 11.0. The molecule has 1 aromatic heterocycles. The van der Waals surface area contributed by atoms with Gasteiger partial charge in [0.15, 0.2) is 0 Å². The number of nitrogens with zero attached hydrogens (tertiary/aromatic N) is 2. The average Bonchev–Trinajstić information content (AvgIpc) is 2.55. The summed E-state index contributed by atoms with van der Waals surface area (Å²) in [5.74, 6) is 0. The first-order chi connectivity index (χ1) is 7.13. The first-order valence-electron chi connectivity index (χ1n) is 4.76. The van der Waals surface area contributed by atoms with Crippen LogP contribution in [-0.4, -0.2) is 16.1 Å². The van der Waals surface area contributed by atoms with Crippen LogP contribution in [0.1, 0.15) is 30.2 Å². The van der Waals surface area contributed by atoms with Crippen LogP contribution in [0.4, 0.5) is 0 Å². The summed E-state index contributed by atoms with van der Waals surface area (Å²) >= 11 is 6.16. The third-order valence-corrected chi connectivity index (χ3v) is 2.66. The lowest BCUT2D eigenvalue weighted by Gasteiger charge is -2.05. The molecule has 0 fully saturated rings. The number of hydrogen-bond acceptors (Lipinski definition) is 2. The molecule has 0 atom stereocenters. The van der Waals surface area contributed by atoms with Crippen molar-refractivity contribution in [2.45, 2.75) is 19.9 Å². The Balaban J connectivity index is 2.70. The van der Waals surface area contributed by atoms with Crippen LogP contribution < -0.4 is 0 Å². The van der Waals surface area contributed by atoms with Gasteiger partial charge in [0.25, 0.3) is 0 Å². The van der Waals surface area contributed by atoms with E-state index in [1.54, 1.807) is 16.8 Å². The van der Waals surface area contributed by atoms with E-state index in [-0.39, 0.29) is 6.04 Å². The zero-order valence-electron chi connectivity index (χ0n) is 8.57. The van der Waals surface area contributed by atoms with E-state index in [4.69, 9.17) is 11.6 Å². The van der Waals surface area contributed by atoms with Crippen molar-refractivity contribution in [3.63, 3.8) is 0 Å². The fraction of sp³-hybridized carbons (Fsp3) is 0.273. The highest BCUT2D eigenvalue weighted by molar-refractivity contribution is 6.34. The van der Waals surface area contributed by atoms with Gasteiger partial charge in [0, 0.05) is 17.0 Å². The highest BCUT2D eigenvalue weighted by Gasteiger charge is 2.11. The van der Waals surface area contributed by atoms with Gasteiger partial charge in [-0.25, -0.2) is 0 Å². The van der Waals surface area contributed by atoms with E-state index in [2.05, 4.69) is 5.10 Å². The second-order valence-electron chi connectivity index (χ2n) is 3.72. The number of aldehydes is 1. The number of aromatic nitrogens is 2. The van der Waals surface area contributed by atoms with Gasteiger partial charge in [-0.05, 0) is 26.0 Å². The minimum Gasteiger partial charge on any atom is -0.298 e. The lowest BCUT2D eigenvalue weighted by Crippen LogP contribution is -2.01. The summed E-state index contributed by atoms with van der Waals surface area (Å²) < 4.78 is 1.75. The molecule has 3 nitrogen and oxygen atoms in total. The Kier molecular flexibility index (Phi) is 2.49. The lowest BCUT2D eigenvalue weighted by atomic mass is 10.2. The summed E-state index contributed by atoms with van der Waals surface area (Å²) in [4.78, 5) is 10.6. The van der Waals surface area contributed by atoms with Gasteiger partial charge in [-0.3, -0.25) is 9.48 Å². The second kappa shape index (κ2) is 3.66. The smallest absolute Gasteiger partial charge is 0.150 e. The van der Waals surface area contributed by atoms with Crippen molar-refractivity contribution in [2.75, 3.05) is 0 Å². The molecule has 0 unspecified atom stereocenters. The highest BCUT2D eigenvalue weighted by atomic mass is 35.5. The first kappa shape index (κ1) is 10.2. The predicted molar refractivity (Wildman–Crippen MR) is 60.5 cm³/mol. The van der Waals surface area contributed by atoms with Gasteiger partial charge in [0.05, 0.1) is 5.52 Å². The van der Waals surface area contributed by atoms with Crippen molar-refractivity contribution < 1.29 is 4.79 Å². The predicted octanol–water partition coefficient (Wildman–Crippen LogP) is 3.08. The van der Waals surface area contributed by atoms with Crippen LogP contribution in [0.5, 0.6) is 0 Å². The molecule has 0 amide bonds. The molecular weight excluding hydrogens is 212 g/mol. The molecule has 0 bridgehead atoms. The van der Waals surface area contributed by atoms with Crippen molar-refractivity contribution in [3.05, 3.63) is 28.9 Å². The molecule has 0 radical (unpaired) electrons. The Bertz CT molecular complexity index is 517. The number of carbonyl (C=O) groups is 1. The molecule has 0 N–H and O–H groups in total. The third-order valence-electron chi connectivity index (χ3n) is 2.29. The van der Waals surface area contributed by atoms with Crippen LogP contribution in [0.2, 0.25) is 5.15 Å². The maximum Gasteiger partial charge on any atom is 0.150 e. The van der Waals surface area contributed by atoms with Gasteiger partial charge in [-0.2, -0.15) is 5.10 Å². The van der Waals surface area contributed by atoms with Crippen LogP contribution in [0.25, 0.3) is 10.9 Å². The van der Waals surface area contributed by atoms with Crippen LogP contribution in [0, 0.1) is 0 Å². The quantitative estimate of drug-likeness (QED) is 0.732. The van der Waals surface area contributed by atoms with E-state index in [1.165, 1.54) is 0 Å².